The molecule has 2 aromatic rings. The Morgan fingerprint density at radius 1 is 0.966 bits per heavy atom. The number of rotatable bonds is 13. The summed E-state index contributed by atoms with van der Waals surface area (Å²) in [5, 5.41) is 10.5. The lowest BCUT2D eigenvalue weighted by Crippen LogP contribution is -2.35. The smallest absolute Gasteiger partial charge is 0.165 e. The van der Waals surface area contributed by atoms with Gasteiger partial charge in [0.1, 0.15) is 0 Å². The molecule has 0 fully saturated rings. The molecular weight excluding hydrogens is 366 g/mol. The normalized spacial score (nSPS) is 12.4. The third kappa shape index (κ3) is 8.05. The minimum absolute atomic E-state index is 0.308. The van der Waals surface area contributed by atoms with Gasteiger partial charge in [0.15, 0.2) is 11.5 Å². The van der Waals surface area contributed by atoms with Crippen molar-refractivity contribution < 1.29 is 19.3 Å². The van der Waals surface area contributed by atoms with E-state index >= 15 is 0 Å². The summed E-state index contributed by atoms with van der Waals surface area (Å²) >= 11 is 0. The summed E-state index contributed by atoms with van der Waals surface area (Å²) < 4.78 is 16.7. The van der Waals surface area contributed by atoms with Gasteiger partial charge in [-0.25, -0.2) is 0 Å². The van der Waals surface area contributed by atoms with Crippen LogP contribution in [0.1, 0.15) is 31.4 Å². The topological polar surface area (TPSA) is 51.2 Å². The first-order valence-corrected chi connectivity index (χ1v) is 10.3. The van der Waals surface area contributed by atoms with Crippen molar-refractivity contribution >= 4 is 0 Å². The van der Waals surface area contributed by atoms with Crippen LogP contribution in [0.4, 0.5) is 0 Å². The van der Waals surface area contributed by atoms with E-state index in [9.17, 15) is 5.11 Å². The molecule has 1 atom stereocenters. The van der Waals surface area contributed by atoms with Gasteiger partial charge < -0.3 is 19.3 Å². The summed E-state index contributed by atoms with van der Waals surface area (Å²) in [6, 6.07) is 15.9. The molecule has 0 spiro atoms. The molecule has 0 heterocycles. The van der Waals surface area contributed by atoms with Crippen molar-refractivity contribution in [2.75, 3.05) is 33.9 Å². The lowest BCUT2D eigenvalue weighted by molar-refractivity contribution is 0.00778. The van der Waals surface area contributed by atoms with Crippen molar-refractivity contribution in [1.29, 1.82) is 0 Å². The molecule has 1 unspecified atom stereocenters. The van der Waals surface area contributed by atoms with Crippen molar-refractivity contribution in [3.63, 3.8) is 0 Å². The first kappa shape index (κ1) is 23.2. The number of methoxy groups -OCH3 is 2. The standard InChI is InChI=1S/C24H35NO4/c1-19(2)13-14-25(15-21-11-8-12-23(27-3)24(21)28-4)16-22(26)18-29-17-20-9-6-5-7-10-20/h5-12,19,22,26H,13-18H2,1-4H3. The summed E-state index contributed by atoms with van der Waals surface area (Å²) in [6.07, 6.45) is 0.506. The molecule has 1 N–H and O–H groups in total. The second-order valence-electron chi connectivity index (χ2n) is 7.72. The van der Waals surface area contributed by atoms with Gasteiger partial charge in [-0.05, 0) is 30.5 Å². The molecule has 0 aliphatic heterocycles. The Morgan fingerprint density at radius 2 is 1.72 bits per heavy atom. The second kappa shape index (κ2) is 12.5. The minimum Gasteiger partial charge on any atom is -0.493 e. The third-order valence-corrected chi connectivity index (χ3v) is 4.79. The molecule has 0 amide bonds. The van der Waals surface area contributed by atoms with Crippen molar-refractivity contribution in [2.45, 2.75) is 39.5 Å². The Balaban J connectivity index is 1.96. The maximum Gasteiger partial charge on any atom is 0.165 e. The Bertz CT molecular complexity index is 705. The number of aliphatic hydroxyl groups is 1. The number of aliphatic hydroxyl groups excluding tert-OH is 1. The number of nitrogens with zero attached hydrogens (tertiary/aromatic N) is 1. The molecule has 5 nitrogen and oxygen atoms in total. The summed E-state index contributed by atoms with van der Waals surface area (Å²) in [7, 11) is 3.30. The van der Waals surface area contributed by atoms with Crippen LogP contribution in [-0.4, -0.2) is 50.0 Å². The van der Waals surface area contributed by atoms with E-state index in [4.69, 9.17) is 14.2 Å². The second-order valence-corrected chi connectivity index (χ2v) is 7.72. The van der Waals surface area contributed by atoms with Crippen LogP contribution < -0.4 is 9.47 Å². The first-order chi connectivity index (χ1) is 14.0. The van der Waals surface area contributed by atoms with Gasteiger partial charge in [0.25, 0.3) is 0 Å². The van der Waals surface area contributed by atoms with Crippen LogP contribution >= 0.6 is 0 Å². The van der Waals surface area contributed by atoms with E-state index in [1.807, 2.05) is 48.5 Å². The zero-order valence-corrected chi connectivity index (χ0v) is 18.1. The molecule has 160 valence electrons. The lowest BCUT2D eigenvalue weighted by Gasteiger charge is -2.27. The SMILES string of the molecule is COc1cccc(CN(CCC(C)C)CC(O)COCc2ccccc2)c1OC. The molecule has 29 heavy (non-hydrogen) atoms. The average molecular weight is 402 g/mol. The molecular formula is C24H35NO4. The molecule has 0 saturated carbocycles. The molecule has 0 bridgehead atoms. The van der Waals surface area contributed by atoms with Gasteiger partial charge in [-0.15, -0.1) is 0 Å². The Morgan fingerprint density at radius 3 is 2.38 bits per heavy atom. The predicted molar refractivity (Wildman–Crippen MR) is 116 cm³/mol. The fourth-order valence-electron chi connectivity index (χ4n) is 3.23. The van der Waals surface area contributed by atoms with Gasteiger partial charge in [0, 0.05) is 18.7 Å². The zero-order valence-electron chi connectivity index (χ0n) is 18.1. The Labute approximate surface area is 175 Å². The van der Waals surface area contributed by atoms with Gasteiger partial charge in [0.05, 0.1) is 33.5 Å². The Kier molecular flexibility index (Phi) is 9.98. The minimum atomic E-state index is -0.553. The van der Waals surface area contributed by atoms with E-state index in [1.165, 1.54) is 0 Å². The van der Waals surface area contributed by atoms with E-state index < -0.39 is 6.10 Å². The van der Waals surface area contributed by atoms with Gasteiger partial charge in [-0.1, -0.05) is 56.3 Å². The fraction of sp³-hybridized carbons (Fsp3) is 0.500. The molecule has 0 saturated heterocycles. The van der Waals surface area contributed by atoms with Crippen LogP contribution in [0, 0.1) is 5.92 Å². The van der Waals surface area contributed by atoms with E-state index in [0.29, 0.717) is 32.2 Å². The highest BCUT2D eigenvalue weighted by Gasteiger charge is 2.17. The van der Waals surface area contributed by atoms with Crippen LogP contribution in [-0.2, 0) is 17.9 Å². The van der Waals surface area contributed by atoms with Crippen LogP contribution in [0.3, 0.4) is 0 Å². The average Bonchev–Trinajstić information content (AvgIpc) is 2.72. The van der Waals surface area contributed by atoms with Crippen LogP contribution in [0.15, 0.2) is 48.5 Å². The van der Waals surface area contributed by atoms with Gasteiger partial charge in [-0.3, -0.25) is 4.90 Å². The number of hydrogen-bond donors (Lipinski definition) is 1. The number of hydrogen-bond acceptors (Lipinski definition) is 5. The van der Waals surface area contributed by atoms with E-state index in [2.05, 4.69) is 18.7 Å². The number of ether oxygens (including phenoxy) is 3. The van der Waals surface area contributed by atoms with E-state index in [1.54, 1.807) is 14.2 Å². The third-order valence-electron chi connectivity index (χ3n) is 4.79. The largest absolute Gasteiger partial charge is 0.493 e. The van der Waals surface area contributed by atoms with Gasteiger partial charge in [-0.2, -0.15) is 0 Å². The molecule has 0 aliphatic rings. The molecule has 5 heteroatoms. The van der Waals surface area contributed by atoms with Crippen LogP contribution in [0.5, 0.6) is 11.5 Å². The maximum atomic E-state index is 10.5. The van der Waals surface area contributed by atoms with Crippen molar-refractivity contribution in [3.8, 4) is 11.5 Å². The molecule has 0 radical (unpaired) electrons. The number of benzene rings is 2. The molecule has 2 rings (SSSR count). The lowest BCUT2D eigenvalue weighted by atomic mass is 10.1. The highest BCUT2D eigenvalue weighted by molar-refractivity contribution is 5.46. The van der Waals surface area contributed by atoms with E-state index in [0.717, 1.165) is 35.6 Å². The van der Waals surface area contributed by atoms with Crippen molar-refractivity contribution in [2.24, 2.45) is 5.92 Å². The summed E-state index contributed by atoms with van der Waals surface area (Å²) in [5.41, 5.74) is 2.16. The van der Waals surface area contributed by atoms with Gasteiger partial charge in [0.2, 0.25) is 0 Å². The van der Waals surface area contributed by atoms with Crippen LogP contribution in [0.25, 0.3) is 0 Å². The Hall–Kier alpha value is -2.08. The zero-order chi connectivity index (χ0) is 21.1. The highest BCUT2D eigenvalue weighted by atomic mass is 16.5. The van der Waals surface area contributed by atoms with Crippen molar-refractivity contribution in [1.82, 2.24) is 4.90 Å². The number of para-hydroxylation sites is 1. The predicted octanol–water partition coefficient (Wildman–Crippen LogP) is 4.13. The fourth-order valence-corrected chi connectivity index (χ4v) is 3.23. The van der Waals surface area contributed by atoms with Crippen LogP contribution in [0.2, 0.25) is 0 Å². The summed E-state index contributed by atoms with van der Waals surface area (Å²) in [4.78, 5) is 2.26. The van der Waals surface area contributed by atoms with E-state index in [-0.39, 0.29) is 0 Å². The highest BCUT2D eigenvalue weighted by Crippen LogP contribution is 2.31. The quantitative estimate of drug-likeness (QED) is 0.547. The maximum absolute atomic E-state index is 10.5. The molecule has 0 aromatic heterocycles. The molecule has 0 aliphatic carbocycles. The van der Waals surface area contributed by atoms with Gasteiger partial charge >= 0.3 is 0 Å². The molecule has 2 aromatic carbocycles. The summed E-state index contributed by atoms with van der Waals surface area (Å²) in [5.74, 6) is 2.07. The first-order valence-electron chi connectivity index (χ1n) is 10.3. The summed E-state index contributed by atoms with van der Waals surface area (Å²) in [6.45, 7) is 7.36. The van der Waals surface area contributed by atoms with Crippen molar-refractivity contribution in [3.05, 3.63) is 59.7 Å². The monoisotopic (exact) mass is 401 g/mol.